The van der Waals surface area contributed by atoms with Crippen molar-refractivity contribution in [3.05, 3.63) is 65.7 Å². The maximum absolute atomic E-state index is 13.0. The summed E-state index contributed by atoms with van der Waals surface area (Å²) < 4.78 is 5.27. The molecule has 132 valence electrons. The highest BCUT2D eigenvalue weighted by Gasteiger charge is 2.30. The molecular weight excluding hydrogens is 316 g/mol. The van der Waals surface area contributed by atoms with Crippen molar-refractivity contribution in [1.29, 1.82) is 0 Å². The van der Waals surface area contributed by atoms with Gasteiger partial charge in [-0.25, -0.2) is 5.01 Å². The Morgan fingerprint density at radius 1 is 1.00 bits per heavy atom. The number of amides is 2. The topological polar surface area (TPSA) is 58.6 Å². The van der Waals surface area contributed by atoms with Crippen molar-refractivity contribution in [3.63, 3.8) is 0 Å². The molecule has 0 unspecified atom stereocenters. The zero-order valence-corrected chi connectivity index (χ0v) is 15.1. The van der Waals surface area contributed by atoms with E-state index in [0.29, 0.717) is 11.3 Å². The lowest BCUT2D eigenvalue weighted by molar-refractivity contribution is -0.126. The van der Waals surface area contributed by atoms with Crippen molar-refractivity contribution >= 4 is 11.8 Å². The van der Waals surface area contributed by atoms with Gasteiger partial charge < -0.3 is 4.74 Å². The zero-order valence-electron chi connectivity index (χ0n) is 15.1. The van der Waals surface area contributed by atoms with E-state index in [0.717, 1.165) is 5.56 Å². The van der Waals surface area contributed by atoms with Crippen LogP contribution in [0.15, 0.2) is 54.6 Å². The Morgan fingerprint density at radius 2 is 1.60 bits per heavy atom. The summed E-state index contributed by atoms with van der Waals surface area (Å²) in [7, 11) is 1.52. The van der Waals surface area contributed by atoms with Gasteiger partial charge in [0.15, 0.2) is 0 Å². The Morgan fingerprint density at radius 3 is 2.20 bits per heavy atom. The zero-order chi connectivity index (χ0) is 18.4. The van der Waals surface area contributed by atoms with E-state index in [9.17, 15) is 9.59 Å². The Bertz CT molecular complexity index is 736. The van der Waals surface area contributed by atoms with Crippen LogP contribution in [0.4, 0.5) is 0 Å². The van der Waals surface area contributed by atoms with Gasteiger partial charge in [0.1, 0.15) is 5.75 Å². The summed E-state index contributed by atoms with van der Waals surface area (Å²) in [5.74, 6) is -0.0882. The van der Waals surface area contributed by atoms with Crippen LogP contribution in [0, 0.1) is 0 Å². The van der Waals surface area contributed by atoms with E-state index in [4.69, 9.17) is 4.74 Å². The van der Waals surface area contributed by atoms with Crippen LogP contribution in [0.2, 0.25) is 0 Å². The first-order valence-electron chi connectivity index (χ1n) is 8.14. The summed E-state index contributed by atoms with van der Waals surface area (Å²) in [6, 6.07) is 16.4. The molecule has 2 aromatic carbocycles. The van der Waals surface area contributed by atoms with Gasteiger partial charge in [0, 0.05) is 0 Å². The molecule has 5 heteroatoms. The van der Waals surface area contributed by atoms with Crippen molar-refractivity contribution in [2.75, 3.05) is 7.11 Å². The predicted octanol–water partition coefficient (Wildman–Crippen LogP) is 3.21. The summed E-state index contributed by atoms with van der Waals surface area (Å²) in [6.45, 7) is 5.59. The van der Waals surface area contributed by atoms with E-state index in [2.05, 4.69) is 5.43 Å². The second-order valence-electron chi connectivity index (χ2n) is 6.71. The van der Waals surface area contributed by atoms with E-state index in [1.165, 1.54) is 12.1 Å². The van der Waals surface area contributed by atoms with E-state index in [1.807, 2.05) is 51.1 Å². The number of hydrogen-bond donors (Lipinski definition) is 1. The number of carbonyl (C=O) groups is 2. The number of hydrazine groups is 1. The third kappa shape index (κ3) is 4.83. The molecule has 0 saturated heterocycles. The van der Waals surface area contributed by atoms with Crippen LogP contribution < -0.4 is 10.2 Å². The number of carbonyl (C=O) groups excluding carboxylic acids is 2. The summed E-state index contributed by atoms with van der Waals surface area (Å²) in [6.07, 6.45) is 0.201. The molecule has 5 nitrogen and oxygen atoms in total. The number of rotatable bonds is 4. The van der Waals surface area contributed by atoms with Crippen molar-refractivity contribution in [2.24, 2.45) is 0 Å². The average Bonchev–Trinajstić information content (AvgIpc) is 2.59. The quantitative estimate of drug-likeness (QED) is 0.870. The molecule has 0 aromatic heterocycles. The number of hydrogen-bond acceptors (Lipinski definition) is 3. The number of para-hydroxylation sites is 1. The monoisotopic (exact) mass is 340 g/mol. The molecule has 0 spiro atoms. The lowest BCUT2D eigenvalue weighted by atomic mass is 10.1. The maximum atomic E-state index is 13.0. The Balaban J connectivity index is 2.22. The average molecular weight is 340 g/mol. The number of ether oxygens (including phenoxy) is 1. The van der Waals surface area contributed by atoms with Crippen molar-refractivity contribution < 1.29 is 14.3 Å². The van der Waals surface area contributed by atoms with Crippen molar-refractivity contribution in [3.8, 4) is 5.75 Å². The summed E-state index contributed by atoms with van der Waals surface area (Å²) in [5, 5.41) is 1.36. The van der Waals surface area contributed by atoms with Gasteiger partial charge in [0.25, 0.3) is 5.91 Å². The summed E-state index contributed by atoms with van der Waals surface area (Å²) >= 11 is 0. The smallest absolute Gasteiger partial charge is 0.276 e. The van der Waals surface area contributed by atoms with Crippen LogP contribution in [-0.2, 0) is 11.2 Å². The minimum Gasteiger partial charge on any atom is -0.496 e. The molecule has 0 bridgehead atoms. The molecule has 0 aliphatic rings. The first kappa shape index (κ1) is 18.5. The molecule has 0 atom stereocenters. The van der Waals surface area contributed by atoms with E-state index < -0.39 is 5.54 Å². The first-order valence-corrected chi connectivity index (χ1v) is 8.14. The molecule has 0 aliphatic carbocycles. The third-order valence-corrected chi connectivity index (χ3v) is 3.66. The minimum absolute atomic E-state index is 0.201. The van der Waals surface area contributed by atoms with Crippen LogP contribution in [-0.4, -0.2) is 29.5 Å². The molecule has 0 saturated carbocycles. The van der Waals surface area contributed by atoms with Gasteiger partial charge in [-0.1, -0.05) is 42.5 Å². The molecule has 0 fully saturated rings. The van der Waals surface area contributed by atoms with E-state index in [1.54, 1.807) is 24.3 Å². The normalized spacial score (nSPS) is 10.9. The Kier molecular flexibility index (Phi) is 5.80. The maximum Gasteiger partial charge on any atom is 0.276 e. The molecule has 2 rings (SSSR count). The van der Waals surface area contributed by atoms with Crippen LogP contribution in [0.3, 0.4) is 0 Å². The largest absolute Gasteiger partial charge is 0.496 e. The van der Waals surface area contributed by atoms with Crippen LogP contribution in [0.1, 0.15) is 36.7 Å². The lowest BCUT2D eigenvalue weighted by Gasteiger charge is -2.35. The van der Waals surface area contributed by atoms with Crippen molar-refractivity contribution in [2.45, 2.75) is 32.7 Å². The van der Waals surface area contributed by atoms with Crippen LogP contribution >= 0.6 is 0 Å². The Labute approximate surface area is 148 Å². The second kappa shape index (κ2) is 7.83. The van der Waals surface area contributed by atoms with Gasteiger partial charge in [-0.05, 0) is 38.5 Å². The van der Waals surface area contributed by atoms with Gasteiger partial charge in [0.2, 0.25) is 5.91 Å². The first-order chi connectivity index (χ1) is 11.8. The summed E-state index contributed by atoms with van der Waals surface area (Å²) in [5.41, 5.74) is 3.44. The molecular formula is C20H24N2O3. The highest BCUT2D eigenvalue weighted by atomic mass is 16.5. The van der Waals surface area contributed by atoms with E-state index in [-0.39, 0.29) is 18.2 Å². The van der Waals surface area contributed by atoms with Gasteiger partial charge in [0.05, 0.1) is 24.6 Å². The van der Waals surface area contributed by atoms with Crippen molar-refractivity contribution in [1.82, 2.24) is 10.4 Å². The highest BCUT2D eigenvalue weighted by molar-refractivity contribution is 5.98. The number of benzene rings is 2. The minimum atomic E-state index is -0.593. The number of methoxy groups -OCH3 is 1. The van der Waals surface area contributed by atoms with Gasteiger partial charge >= 0.3 is 0 Å². The summed E-state index contributed by atoms with van der Waals surface area (Å²) in [4.78, 5) is 25.4. The molecule has 1 N–H and O–H groups in total. The van der Waals surface area contributed by atoms with Crippen LogP contribution in [0.25, 0.3) is 0 Å². The SMILES string of the molecule is COc1ccccc1C(=O)N(NC(=O)Cc1ccccc1)C(C)(C)C. The second-order valence-corrected chi connectivity index (χ2v) is 6.71. The fourth-order valence-corrected chi connectivity index (χ4v) is 2.41. The molecule has 25 heavy (non-hydrogen) atoms. The van der Waals surface area contributed by atoms with Gasteiger partial charge in [-0.3, -0.25) is 15.0 Å². The standard InChI is InChI=1S/C20H24N2O3/c1-20(2,3)22(19(24)16-12-8-9-13-17(16)25-4)21-18(23)14-15-10-6-5-7-11-15/h5-13H,14H2,1-4H3,(H,21,23). The fraction of sp³-hybridized carbons (Fsp3) is 0.300. The fourth-order valence-electron chi connectivity index (χ4n) is 2.41. The lowest BCUT2D eigenvalue weighted by Crippen LogP contribution is -2.56. The van der Waals surface area contributed by atoms with Gasteiger partial charge in [-0.15, -0.1) is 0 Å². The predicted molar refractivity (Wildman–Crippen MR) is 97.2 cm³/mol. The molecule has 0 aliphatic heterocycles. The number of nitrogens with zero attached hydrogens (tertiary/aromatic N) is 1. The molecule has 2 amide bonds. The van der Waals surface area contributed by atoms with Crippen LogP contribution in [0.5, 0.6) is 5.75 Å². The third-order valence-electron chi connectivity index (χ3n) is 3.66. The Hall–Kier alpha value is -2.82. The molecule has 0 radical (unpaired) electrons. The molecule has 2 aromatic rings. The molecule has 0 heterocycles. The van der Waals surface area contributed by atoms with E-state index >= 15 is 0 Å². The number of nitrogens with one attached hydrogen (secondary N) is 1. The van der Waals surface area contributed by atoms with Gasteiger partial charge in [-0.2, -0.15) is 0 Å². The highest BCUT2D eigenvalue weighted by Crippen LogP contribution is 2.22.